The number of hydrogen-bond acceptors (Lipinski definition) is 5. The first-order valence-corrected chi connectivity index (χ1v) is 9.13. The molecule has 3 aromatic rings. The normalized spacial score (nSPS) is 15.2. The largest absolute Gasteiger partial charge is 0.341 e. The lowest BCUT2D eigenvalue weighted by molar-refractivity contribution is -0.133. The van der Waals surface area contributed by atoms with Crippen LogP contribution in [-0.4, -0.2) is 43.4 Å². The highest BCUT2D eigenvalue weighted by molar-refractivity contribution is 5.76. The molecule has 4 heterocycles. The van der Waals surface area contributed by atoms with Crippen molar-refractivity contribution >= 4 is 16.9 Å². The maximum Gasteiger partial charge on any atom is 0.253 e. The van der Waals surface area contributed by atoms with Crippen molar-refractivity contribution in [2.45, 2.75) is 32.2 Å². The van der Waals surface area contributed by atoms with E-state index in [9.17, 15) is 9.59 Å². The van der Waals surface area contributed by atoms with Crippen LogP contribution in [0, 0.1) is 6.92 Å². The van der Waals surface area contributed by atoms with Gasteiger partial charge in [0, 0.05) is 48.0 Å². The molecule has 0 radical (unpaired) electrons. The van der Waals surface area contributed by atoms with Gasteiger partial charge in [-0.2, -0.15) is 0 Å². The first-order chi connectivity index (χ1) is 13.1. The zero-order chi connectivity index (χ0) is 18.8. The van der Waals surface area contributed by atoms with E-state index in [0.29, 0.717) is 24.7 Å². The minimum atomic E-state index is -0.196. The van der Waals surface area contributed by atoms with E-state index in [1.165, 1.54) is 17.0 Å². The van der Waals surface area contributed by atoms with Crippen LogP contribution >= 0.6 is 0 Å². The van der Waals surface area contributed by atoms with Gasteiger partial charge in [0.1, 0.15) is 6.54 Å². The highest BCUT2D eigenvalue weighted by atomic mass is 16.2. The molecular weight excluding hydrogens is 342 g/mol. The first-order valence-electron chi connectivity index (χ1n) is 9.13. The molecule has 0 bridgehead atoms. The molecule has 0 aliphatic carbocycles. The number of rotatable bonds is 3. The topological polar surface area (TPSA) is 81.0 Å². The summed E-state index contributed by atoms with van der Waals surface area (Å²) in [4.78, 5) is 39.4. The molecule has 27 heavy (non-hydrogen) atoms. The zero-order valence-electron chi connectivity index (χ0n) is 15.2. The zero-order valence-corrected chi connectivity index (χ0v) is 15.2. The Morgan fingerprint density at radius 2 is 2.00 bits per heavy atom. The highest BCUT2D eigenvalue weighted by Crippen LogP contribution is 2.27. The fourth-order valence-electron chi connectivity index (χ4n) is 3.50. The molecule has 0 aromatic carbocycles. The minimum absolute atomic E-state index is 0.0366. The number of aryl methyl sites for hydroxylation is 1. The van der Waals surface area contributed by atoms with E-state index in [2.05, 4.69) is 27.1 Å². The number of carbonyl (C=O) groups excluding carboxylic acids is 1. The van der Waals surface area contributed by atoms with Crippen LogP contribution in [0.5, 0.6) is 0 Å². The molecule has 1 aliphatic heterocycles. The van der Waals surface area contributed by atoms with Gasteiger partial charge in [0.05, 0.1) is 6.33 Å². The van der Waals surface area contributed by atoms with E-state index in [1.807, 2.05) is 17.0 Å². The van der Waals surface area contributed by atoms with Crippen molar-refractivity contribution in [3.05, 3.63) is 64.6 Å². The summed E-state index contributed by atoms with van der Waals surface area (Å²) in [5.41, 5.74) is 2.26. The average molecular weight is 363 g/mol. The molecule has 0 saturated carbocycles. The Hall–Kier alpha value is -3.09. The number of amides is 1. The predicted octanol–water partition coefficient (Wildman–Crippen LogP) is 1.90. The molecule has 1 amide bonds. The molecule has 3 aromatic heterocycles. The summed E-state index contributed by atoms with van der Waals surface area (Å²) >= 11 is 0. The number of aromatic nitrogens is 4. The summed E-state index contributed by atoms with van der Waals surface area (Å²) in [6, 6.07) is 9.46. The van der Waals surface area contributed by atoms with E-state index in [4.69, 9.17) is 0 Å². The second-order valence-electron chi connectivity index (χ2n) is 6.94. The number of likely N-dealkylation sites (tertiary alicyclic amines) is 1. The van der Waals surface area contributed by atoms with Crippen molar-refractivity contribution in [3.63, 3.8) is 0 Å². The summed E-state index contributed by atoms with van der Waals surface area (Å²) in [7, 11) is 0. The van der Waals surface area contributed by atoms with E-state index in [-0.39, 0.29) is 18.0 Å². The maximum absolute atomic E-state index is 12.5. The van der Waals surface area contributed by atoms with Crippen molar-refractivity contribution in [1.82, 2.24) is 24.4 Å². The molecular formula is C20H21N5O2. The molecule has 1 fully saturated rings. The Morgan fingerprint density at radius 1 is 1.19 bits per heavy atom. The van der Waals surface area contributed by atoms with Gasteiger partial charge >= 0.3 is 0 Å². The maximum atomic E-state index is 12.5. The van der Waals surface area contributed by atoms with Crippen LogP contribution in [0.2, 0.25) is 0 Å². The third kappa shape index (κ3) is 3.72. The third-order valence-corrected chi connectivity index (χ3v) is 5.07. The van der Waals surface area contributed by atoms with Crippen molar-refractivity contribution < 1.29 is 4.79 Å². The highest BCUT2D eigenvalue weighted by Gasteiger charge is 2.25. The average Bonchev–Trinajstić information content (AvgIpc) is 2.70. The SMILES string of the molecule is Cc1cc(=O)n(CC(=O)N2CCC(c3ccc4cccnc4n3)CC2)cn1. The van der Waals surface area contributed by atoms with Gasteiger partial charge in [-0.1, -0.05) is 0 Å². The Balaban J connectivity index is 1.40. The molecule has 1 saturated heterocycles. The Kier molecular flexibility index (Phi) is 4.66. The molecule has 7 nitrogen and oxygen atoms in total. The van der Waals surface area contributed by atoms with Gasteiger partial charge in [-0.25, -0.2) is 15.0 Å². The Labute approximate surface area is 156 Å². The van der Waals surface area contributed by atoms with E-state index >= 15 is 0 Å². The number of piperidine rings is 1. The Morgan fingerprint density at radius 3 is 2.78 bits per heavy atom. The molecule has 0 unspecified atom stereocenters. The van der Waals surface area contributed by atoms with Crippen LogP contribution in [-0.2, 0) is 11.3 Å². The van der Waals surface area contributed by atoms with E-state index < -0.39 is 0 Å². The van der Waals surface area contributed by atoms with Crippen molar-refractivity contribution in [2.75, 3.05) is 13.1 Å². The van der Waals surface area contributed by atoms with Crippen molar-refractivity contribution in [2.24, 2.45) is 0 Å². The summed E-state index contributed by atoms with van der Waals surface area (Å²) in [5, 5.41) is 1.03. The molecule has 1 aliphatic rings. The quantitative estimate of drug-likeness (QED) is 0.710. The van der Waals surface area contributed by atoms with Gasteiger partial charge in [-0.05, 0) is 44.0 Å². The predicted molar refractivity (Wildman–Crippen MR) is 101 cm³/mol. The monoisotopic (exact) mass is 363 g/mol. The Bertz CT molecular complexity index is 1040. The van der Waals surface area contributed by atoms with Gasteiger partial charge < -0.3 is 4.90 Å². The van der Waals surface area contributed by atoms with Crippen LogP contribution < -0.4 is 5.56 Å². The number of hydrogen-bond donors (Lipinski definition) is 0. The van der Waals surface area contributed by atoms with Crippen molar-refractivity contribution in [3.8, 4) is 0 Å². The third-order valence-electron chi connectivity index (χ3n) is 5.07. The molecule has 7 heteroatoms. The van der Waals surface area contributed by atoms with Gasteiger partial charge in [0.15, 0.2) is 5.65 Å². The second kappa shape index (κ2) is 7.26. The molecule has 4 rings (SSSR count). The van der Waals surface area contributed by atoms with Crippen molar-refractivity contribution in [1.29, 1.82) is 0 Å². The fraction of sp³-hybridized carbons (Fsp3) is 0.350. The molecule has 138 valence electrons. The number of pyridine rings is 2. The van der Waals surface area contributed by atoms with E-state index in [1.54, 1.807) is 13.1 Å². The second-order valence-corrected chi connectivity index (χ2v) is 6.94. The lowest BCUT2D eigenvalue weighted by Crippen LogP contribution is -2.41. The lowest BCUT2D eigenvalue weighted by atomic mass is 9.93. The van der Waals surface area contributed by atoms with Gasteiger partial charge in [0.25, 0.3) is 5.56 Å². The molecule has 0 spiro atoms. The summed E-state index contributed by atoms with van der Waals surface area (Å²) in [5.74, 6) is 0.276. The van der Waals surface area contributed by atoms with Crippen LogP contribution in [0.3, 0.4) is 0 Å². The molecule has 0 N–H and O–H groups in total. The summed E-state index contributed by atoms with van der Waals surface area (Å²) < 4.78 is 1.36. The first kappa shape index (κ1) is 17.3. The molecule has 0 atom stereocenters. The summed E-state index contributed by atoms with van der Waals surface area (Å²) in [6.07, 6.45) is 4.91. The van der Waals surface area contributed by atoms with Gasteiger partial charge in [-0.3, -0.25) is 14.2 Å². The fourth-order valence-corrected chi connectivity index (χ4v) is 3.50. The van der Waals surface area contributed by atoms with Crippen LogP contribution in [0.1, 0.15) is 30.1 Å². The van der Waals surface area contributed by atoms with Crippen LogP contribution in [0.25, 0.3) is 11.0 Å². The van der Waals surface area contributed by atoms with Gasteiger partial charge in [-0.15, -0.1) is 0 Å². The standard InChI is InChI=1S/C20H21N5O2/c1-14-11-18(26)25(13-22-14)12-19(27)24-9-6-15(7-10-24)17-5-4-16-3-2-8-21-20(16)23-17/h2-5,8,11,13,15H,6-7,9-10,12H2,1H3. The number of fused-ring (bicyclic) bond motifs is 1. The smallest absolute Gasteiger partial charge is 0.253 e. The number of nitrogens with zero attached hydrogens (tertiary/aromatic N) is 5. The lowest BCUT2D eigenvalue weighted by Gasteiger charge is -2.32. The minimum Gasteiger partial charge on any atom is -0.341 e. The van der Waals surface area contributed by atoms with Crippen LogP contribution in [0.4, 0.5) is 0 Å². The summed E-state index contributed by atoms with van der Waals surface area (Å²) in [6.45, 7) is 3.13. The number of carbonyl (C=O) groups is 1. The van der Waals surface area contributed by atoms with Gasteiger partial charge in [0.2, 0.25) is 5.91 Å². The van der Waals surface area contributed by atoms with Crippen LogP contribution in [0.15, 0.2) is 47.7 Å². The van der Waals surface area contributed by atoms with E-state index in [0.717, 1.165) is 29.6 Å².